The first-order valence-electron chi connectivity index (χ1n) is 9.71. The maximum atomic E-state index is 13.9. The van der Waals surface area contributed by atoms with Crippen LogP contribution in [0.5, 0.6) is 0 Å². The molecule has 4 rings (SSSR count). The topological polar surface area (TPSA) is 80.5 Å². The van der Waals surface area contributed by atoms with Crippen molar-refractivity contribution in [1.29, 1.82) is 0 Å². The second-order valence-corrected chi connectivity index (χ2v) is 10.3. The van der Waals surface area contributed by atoms with Crippen LogP contribution in [0, 0.1) is 12.7 Å². The fourth-order valence-corrected chi connectivity index (χ4v) is 5.57. The van der Waals surface area contributed by atoms with Crippen LogP contribution in [-0.2, 0) is 16.4 Å². The minimum Gasteiger partial charge on any atom is -0.355 e. The van der Waals surface area contributed by atoms with Gasteiger partial charge < -0.3 is 9.42 Å². The molecule has 0 bridgehead atoms. The Morgan fingerprint density at radius 3 is 2.74 bits per heavy atom. The van der Waals surface area contributed by atoms with Crippen LogP contribution in [0.2, 0.25) is 5.02 Å². The van der Waals surface area contributed by atoms with Crippen molar-refractivity contribution in [2.75, 3.05) is 11.5 Å². The van der Waals surface area contributed by atoms with Gasteiger partial charge in [-0.25, -0.2) is 12.8 Å². The molecular formula is C22H20ClFN2O4S. The largest absolute Gasteiger partial charge is 0.355 e. The molecule has 1 amide bonds. The van der Waals surface area contributed by atoms with Gasteiger partial charge in [0.25, 0.3) is 5.91 Å². The van der Waals surface area contributed by atoms with Crippen molar-refractivity contribution in [3.63, 3.8) is 0 Å². The lowest BCUT2D eigenvalue weighted by molar-refractivity contribution is 0.0670. The smallest absolute Gasteiger partial charge is 0.276 e. The number of hydrogen-bond acceptors (Lipinski definition) is 5. The molecule has 9 heteroatoms. The molecule has 6 nitrogen and oxygen atoms in total. The first-order valence-corrected chi connectivity index (χ1v) is 11.9. The predicted octanol–water partition coefficient (Wildman–Crippen LogP) is 4.27. The summed E-state index contributed by atoms with van der Waals surface area (Å²) in [5.41, 5.74) is 1.76. The zero-order valence-corrected chi connectivity index (χ0v) is 18.3. The summed E-state index contributed by atoms with van der Waals surface area (Å²) >= 11 is 6.07. The van der Waals surface area contributed by atoms with E-state index in [1.54, 1.807) is 37.3 Å². The number of halogens is 2. The monoisotopic (exact) mass is 462 g/mol. The molecule has 0 N–H and O–H groups in total. The van der Waals surface area contributed by atoms with Crippen LogP contribution < -0.4 is 0 Å². The van der Waals surface area contributed by atoms with Crippen LogP contribution in [0.25, 0.3) is 11.3 Å². The van der Waals surface area contributed by atoms with Gasteiger partial charge in [0.1, 0.15) is 5.82 Å². The summed E-state index contributed by atoms with van der Waals surface area (Å²) in [6.45, 7) is 1.83. The van der Waals surface area contributed by atoms with Crippen LogP contribution in [0.15, 0.2) is 53.1 Å². The summed E-state index contributed by atoms with van der Waals surface area (Å²) < 4.78 is 43.3. The zero-order valence-electron chi connectivity index (χ0n) is 16.7. The minimum absolute atomic E-state index is 0.0299. The third-order valence-corrected chi connectivity index (χ3v) is 7.32. The van der Waals surface area contributed by atoms with Crippen molar-refractivity contribution in [2.24, 2.45) is 0 Å². The van der Waals surface area contributed by atoms with Crippen LogP contribution in [0.1, 0.15) is 28.0 Å². The number of benzene rings is 2. The molecule has 3 aromatic rings. The van der Waals surface area contributed by atoms with E-state index < -0.39 is 21.8 Å². The number of rotatable bonds is 5. The summed E-state index contributed by atoms with van der Waals surface area (Å²) in [5, 5.41) is 4.39. The highest BCUT2D eigenvalue weighted by atomic mass is 35.5. The first-order chi connectivity index (χ1) is 14.7. The average molecular weight is 463 g/mol. The van der Waals surface area contributed by atoms with Gasteiger partial charge in [-0.1, -0.05) is 41.0 Å². The standard InChI is InChI=1S/C22H20ClFN2O4S/c1-14-5-6-16(10-19(14)24)21-11-20(25-30-21)22(27)26(18-7-8-31(28,29)13-18)12-15-3-2-4-17(23)9-15/h2-6,9-11,18H,7-8,12-13H2,1H3. The molecule has 0 spiro atoms. The van der Waals surface area contributed by atoms with Crippen molar-refractivity contribution < 1.29 is 22.1 Å². The molecule has 0 radical (unpaired) electrons. The number of nitrogens with zero attached hydrogens (tertiary/aromatic N) is 2. The van der Waals surface area contributed by atoms with E-state index in [9.17, 15) is 17.6 Å². The summed E-state index contributed by atoms with van der Waals surface area (Å²) in [7, 11) is -3.21. The van der Waals surface area contributed by atoms with Crippen LogP contribution in [0.4, 0.5) is 4.39 Å². The Hall–Kier alpha value is -2.71. The van der Waals surface area contributed by atoms with Crippen LogP contribution >= 0.6 is 11.6 Å². The molecule has 1 aromatic heterocycles. The summed E-state index contributed by atoms with van der Waals surface area (Å²) in [5.74, 6) is -0.661. The fourth-order valence-electron chi connectivity index (χ4n) is 3.63. The van der Waals surface area contributed by atoms with E-state index in [1.165, 1.54) is 17.0 Å². The third-order valence-electron chi connectivity index (χ3n) is 5.34. The molecule has 1 aliphatic heterocycles. The number of carbonyl (C=O) groups excluding carboxylic acids is 1. The molecule has 0 saturated carbocycles. The summed E-state index contributed by atoms with van der Waals surface area (Å²) in [4.78, 5) is 14.8. The predicted molar refractivity (Wildman–Crippen MR) is 115 cm³/mol. The van der Waals surface area contributed by atoms with E-state index in [1.807, 2.05) is 6.07 Å². The molecule has 31 heavy (non-hydrogen) atoms. The van der Waals surface area contributed by atoms with E-state index in [-0.39, 0.29) is 35.3 Å². The van der Waals surface area contributed by atoms with Gasteiger partial charge in [0.2, 0.25) is 0 Å². The molecule has 0 aliphatic carbocycles. The van der Waals surface area contributed by atoms with Crippen molar-refractivity contribution in [1.82, 2.24) is 10.1 Å². The Morgan fingerprint density at radius 2 is 2.06 bits per heavy atom. The van der Waals surface area contributed by atoms with Crippen molar-refractivity contribution in [3.8, 4) is 11.3 Å². The number of aromatic nitrogens is 1. The lowest BCUT2D eigenvalue weighted by atomic mass is 10.1. The highest BCUT2D eigenvalue weighted by Gasteiger charge is 2.36. The molecule has 1 atom stereocenters. The lowest BCUT2D eigenvalue weighted by Crippen LogP contribution is -2.40. The Kier molecular flexibility index (Phi) is 5.85. The molecule has 1 unspecified atom stereocenters. The van der Waals surface area contributed by atoms with E-state index in [2.05, 4.69) is 5.16 Å². The minimum atomic E-state index is -3.21. The van der Waals surface area contributed by atoms with Gasteiger partial charge in [-0.3, -0.25) is 4.79 Å². The Balaban J connectivity index is 1.64. The van der Waals surface area contributed by atoms with Gasteiger partial charge in [-0.15, -0.1) is 0 Å². The SMILES string of the molecule is Cc1ccc(-c2cc(C(=O)N(Cc3cccc(Cl)c3)C3CCS(=O)(=O)C3)no2)cc1F. The Labute approximate surface area is 184 Å². The quantitative estimate of drug-likeness (QED) is 0.565. The van der Waals surface area contributed by atoms with Crippen LogP contribution in [-0.4, -0.2) is 41.9 Å². The summed E-state index contributed by atoms with van der Waals surface area (Å²) in [6, 6.07) is 12.6. The number of hydrogen-bond donors (Lipinski definition) is 0. The maximum absolute atomic E-state index is 13.9. The van der Waals surface area contributed by atoms with E-state index in [0.717, 1.165) is 5.56 Å². The molecule has 2 aromatic carbocycles. The van der Waals surface area contributed by atoms with Gasteiger partial charge in [-0.05, 0) is 42.7 Å². The van der Waals surface area contributed by atoms with Gasteiger partial charge in [-0.2, -0.15) is 0 Å². The van der Waals surface area contributed by atoms with E-state index in [0.29, 0.717) is 22.6 Å². The molecule has 1 aliphatic rings. The third kappa shape index (κ3) is 4.80. The number of amides is 1. The van der Waals surface area contributed by atoms with Crippen LogP contribution in [0.3, 0.4) is 0 Å². The molecule has 2 heterocycles. The van der Waals surface area contributed by atoms with Gasteiger partial charge in [0.05, 0.1) is 11.5 Å². The maximum Gasteiger partial charge on any atom is 0.276 e. The second kappa shape index (κ2) is 8.43. The van der Waals surface area contributed by atoms with E-state index in [4.69, 9.17) is 16.1 Å². The molecule has 1 saturated heterocycles. The van der Waals surface area contributed by atoms with Gasteiger partial charge in [0, 0.05) is 29.2 Å². The van der Waals surface area contributed by atoms with Crippen molar-refractivity contribution in [2.45, 2.75) is 25.9 Å². The Bertz CT molecular complexity index is 1240. The van der Waals surface area contributed by atoms with Crippen molar-refractivity contribution >= 4 is 27.3 Å². The number of carbonyl (C=O) groups is 1. The zero-order chi connectivity index (χ0) is 22.2. The first kappa shape index (κ1) is 21.5. The molecular weight excluding hydrogens is 443 g/mol. The number of aryl methyl sites for hydroxylation is 1. The van der Waals surface area contributed by atoms with Gasteiger partial charge in [0.15, 0.2) is 21.3 Å². The summed E-state index contributed by atoms with van der Waals surface area (Å²) in [6.07, 6.45) is 0.350. The second-order valence-electron chi connectivity index (χ2n) is 7.66. The normalized spacial score (nSPS) is 17.6. The Morgan fingerprint density at radius 1 is 1.26 bits per heavy atom. The highest BCUT2D eigenvalue weighted by Crippen LogP contribution is 2.26. The number of sulfone groups is 1. The van der Waals surface area contributed by atoms with Gasteiger partial charge >= 0.3 is 0 Å². The molecule has 1 fully saturated rings. The fraction of sp³-hybridized carbons (Fsp3) is 0.273. The molecule has 162 valence electrons. The lowest BCUT2D eigenvalue weighted by Gasteiger charge is -2.27. The van der Waals surface area contributed by atoms with Crippen molar-refractivity contribution in [3.05, 3.63) is 76.2 Å². The average Bonchev–Trinajstić information content (AvgIpc) is 3.34. The van der Waals surface area contributed by atoms with E-state index >= 15 is 0 Å². The highest BCUT2D eigenvalue weighted by molar-refractivity contribution is 7.91.